The Morgan fingerprint density at radius 3 is 3.08 bits per heavy atom. The van der Waals surface area contributed by atoms with Crippen molar-refractivity contribution >= 4 is 15.9 Å². The molecular formula is C10H19BrN2. The second-order valence-electron chi connectivity index (χ2n) is 3.82. The fourth-order valence-corrected chi connectivity index (χ4v) is 2.35. The van der Waals surface area contributed by atoms with E-state index in [1.807, 2.05) is 7.05 Å². The highest BCUT2D eigenvalue weighted by Gasteiger charge is 2.18. The second kappa shape index (κ2) is 5.78. The largest absolute Gasteiger partial charge is 0.319 e. The summed E-state index contributed by atoms with van der Waals surface area (Å²) in [7, 11) is 2.03. The quantitative estimate of drug-likeness (QED) is 0.815. The molecule has 0 aromatic rings. The van der Waals surface area contributed by atoms with Gasteiger partial charge in [0.1, 0.15) is 0 Å². The number of halogens is 1. The van der Waals surface area contributed by atoms with E-state index in [9.17, 15) is 0 Å². The van der Waals surface area contributed by atoms with Crippen molar-refractivity contribution in [1.82, 2.24) is 10.2 Å². The van der Waals surface area contributed by atoms with Gasteiger partial charge in [-0.3, -0.25) is 4.90 Å². The zero-order chi connectivity index (χ0) is 9.68. The Morgan fingerprint density at radius 2 is 2.46 bits per heavy atom. The molecule has 13 heavy (non-hydrogen) atoms. The van der Waals surface area contributed by atoms with Crippen molar-refractivity contribution in [3.8, 4) is 0 Å². The molecule has 1 atom stereocenters. The first-order valence-corrected chi connectivity index (χ1v) is 5.72. The van der Waals surface area contributed by atoms with Crippen LogP contribution in [-0.4, -0.2) is 38.1 Å². The van der Waals surface area contributed by atoms with E-state index >= 15 is 0 Å². The Hall–Kier alpha value is 0.140. The van der Waals surface area contributed by atoms with Crippen molar-refractivity contribution in [3.05, 3.63) is 11.1 Å². The molecular weight excluding hydrogens is 228 g/mol. The number of nitrogens with one attached hydrogen (secondary N) is 1. The molecule has 3 heteroatoms. The maximum atomic E-state index is 3.88. The van der Waals surface area contributed by atoms with Crippen LogP contribution < -0.4 is 5.32 Å². The van der Waals surface area contributed by atoms with E-state index in [0.717, 1.165) is 23.5 Å². The molecule has 0 spiro atoms. The second-order valence-corrected chi connectivity index (χ2v) is 4.94. The van der Waals surface area contributed by atoms with Crippen LogP contribution in [0.5, 0.6) is 0 Å². The number of hydrogen-bond donors (Lipinski definition) is 1. The predicted molar refractivity (Wildman–Crippen MR) is 61.2 cm³/mol. The van der Waals surface area contributed by atoms with E-state index < -0.39 is 0 Å². The Bertz CT molecular complexity index is 168. The normalized spacial score (nSPS) is 24.6. The molecule has 1 aliphatic heterocycles. The van der Waals surface area contributed by atoms with Crippen LogP contribution in [-0.2, 0) is 0 Å². The van der Waals surface area contributed by atoms with Gasteiger partial charge in [-0.05, 0) is 38.9 Å². The molecule has 0 radical (unpaired) electrons. The highest BCUT2D eigenvalue weighted by atomic mass is 79.9. The van der Waals surface area contributed by atoms with Gasteiger partial charge in [-0.15, -0.1) is 0 Å². The van der Waals surface area contributed by atoms with Crippen molar-refractivity contribution in [3.63, 3.8) is 0 Å². The third kappa shape index (κ3) is 4.25. The highest BCUT2D eigenvalue weighted by molar-refractivity contribution is 9.11. The molecule has 0 aliphatic carbocycles. The summed E-state index contributed by atoms with van der Waals surface area (Å²) >= 11 is 3.42. The van der Waals surface area contributed by atoms with Gasteiger partial charge in [0.25, 0.3) is 0 Å². The molecule has 1 saturated heterocycles. The number of hydrogen-bond acceptors (Lipinski definition) is 2. The standard InChI is InChI=1S/C10H19BrN2/c1-9(11)7-13-5-3-4-10(8-13)6-12-2/h10,12H,1,3-8H2,2H3. The first kappa shape index (κ1) is 11.2. The summed E-state index contributed by atoms with van der Waals surface area (Å²) in [4.78, 5) is 2.47. The molecule has 1 aliphatic rings. The minimum absolute atomic E-state index is 0.825. The van der Waals surface area contributed by atoms with Crippen LogP contribution in [0, 0.1) is 5.92 Å². The monoisotopic (exact) mass is 246 g/mol. The topological polar surface area (TPSA) is 15.3 Å². The average molecular weight is 247 g/mol. The van der Waals surface area contributed by atoms with E-state index in [0.29, 0.717) is 0 Å². The van der Waals surface area contributed by atoms with Crippen molar-refractivity contribution in [2.45, 2.75) is 12.8 Å². The van der Waals surface area contributed by atoms with Crippen LogP contribution in [0.3, 0.4) is 0 Å². The van der Waals surface area contributed by atoms with Gasteiger partial charge in [0.2, 0.25) is 0 Å². The van der Waals surface area contributed by atoms with Crippen LogP contribution in [0.2, 0.25) is 0 Å². The minimum Gasteiger partial charge on any atom is -0.319 e. The lowest BCUT2D eigenvalue weighted by Crippen LogP contribution is -2.39. The summed E-state index contributed by atoms with van der Waals surface area (Å²) in [6.45, 7) is 8.46. The lowest BCUT2D eigenvalue weighted by molar-refractivity contribution is 0.189. The fraction of sp³-hybridized carbons (Fsp3) is 0.800. The third-order valence-electron chi connectivity index (χ3n) is 2.49. The first-order chi connectivity index (χ1) is 6.22. The van der Waals surface area contributed by atoms with Crippen molar-refractivity contribution in [2.75, 3.05) is 33.2 Å². The Labute approximate surface area is 89.5 Å². The van der Waals surface area contributed by atoms with Crippen LogP contribution in [0.4, 0.5) is 0 Å². The molecule has 1 N–H and O–H groups in total. The van der Waals surface area contributed by atoms with Gasteiger partial charge in [0.05, 0.1) is 0 Å². The predicted octanol–water partition coefficient (Wildman–Crippen LogP) is 1.83. The minimum atomic E-state index is 0.825. The van der Waals surface area contributed by atoms with Gasteiger partial charge in [-0.25, -0.2) is 0 Å². The highest BCUT2D eigenvalue weighted by Crippen LogP contribution is 2.17. The van der Waals surface area contributed by atoms with E-state index in [1.165, 1.54) is 25.9 Å². The van der Waals surface area contributed by atoms with Crippen molar-refractivity contribution in [2.24, 2.45) is 5.92 Å². The number of piperidine rings is 1. The molecule has 1 unspecified atom stereocenters. The maximum Gasteiger partial charge on any atom is 0.0294 e. The summed E-state index contributed by atoms with van der Waals surface area (Å²) in [6, 6.07) is 0. The van der Waals surface area contributed by atoms with Gasteiger partial charge in [-0.1, -0.05) is 22.5 Å². The molecule has 0 aromatic carbocycles. The fourth-order valence-electron chi connectivity index (χ4n) is 1.99. The maximum absolute atomic E-state index is 3.88. The number of nitrogens with zero attached hydrogens (tertiary/aromatic N) is 1. The van der Waals surface area contributed by atoms with Crippen LogP contribution in [0.15, 0.2) is 11.1 Å². The molecule has 1 rings (SSSR count). The van der Waals surface area contributed by atoms with Crippen LogP contribution >= 0.6 is 15.9 Å². The average Bonchev–Trinajstić information content (AvgIpc) is 2.04. The molecule has 0 saturated carbocycles. The van der Waals surface area contributed by atoms with Gasteiger partial charge < -0.3 is 5.32 Å². The lowest BCUT2D eigenvalue weighted by Gasteiger charge is -2.32. The van der Waals surface area contributed by atoms with Gasteiger partial charge in [0.15, 0.2) is 0 Å². The summed E-state index contributed by atoms with van der Waals surface area (Å²) in [5.74, 6) is 0.825. The van der Waals surface area contributed by atoms with Gasteiger partial charge >= 0.3 is 0 Å². The number of rotatable bonds is 4. The molecule has 76 valence electrons. The summed E-state index contributed by atoms with van der Waals surface area (Å²) < 4.78 is 1.10. The van der Waals surface area contributed by atoms with E-state index in [1.54, 1.807) is 0 Å². The summed E-state index contributed by atoms with van der Waals surface area (Å²) in [5, 5.41) is 3.25. The van der Waals surface area contributed by atoms with Crippen molar-refractivity contribution in [1.29, 1.82) is 0 Å². The Balaban J connectivity index is 2.28. The molecule has 1 heterocycles. The van der Waals surface area contributed by atoms with E-state index in [2.05, 4.69) is 32.7 Å². The lowest BCUT2D eigenvalue weighted by atomic mass is 9.98. The zero-order valence-electron chi connectivity index (χ0n) is 8.35. The Kier molecular flexibility index (Phi) is 4.99. The summed E-state index contributed by atoms with van der Waals surface area (Å²) in [6.07, 6.45) is 2.69. The number of likely N-dealkylation sites (tertiary alicyclic amines) is 1. The molecule has 1 fully saturated rings. The molecule has 2 nitrogen and oxygen atoms in total. The van der Waals surface area contributed by atoms with Gasteiger partial charge in [0, 0.05) is 17.6 Å². The Morgan fingerprint density at radius 1 is 1.69 bits per heavy atom. The summed E-state index contributed by atoms with van der Waals surface area (Å²) in [5.41, 5.74) is 0. The first-order valence-electron chi connectivity index (χ1n) is 4.92. The molecule has 0 bridgehead atoms. The van der Waals surface area contributed by atoms with Crippen LogP contribution in [0.25, 0.3) is 0 Å². The third-order valence-corrected chi connectivity index (χ3v) is 2.74. The zero-order valence-corrected chi connectivity index (χ0v) is 9.94. The van der Waals surface area contributed by atoms with E-state index in [4.69, 9.17) is 0 Å². The van der Waals surface area contributed by atoms with Gasteiger partial charge in [-0.2, -0.15) is 0 Å². The molecule has 0 aromatic heterocycles. The van der Waals surface area contributed by atoms with Crippen LogP contribution in [0.1, 0.15) is 12.8 Å². The van der Waals surface area contributed by atoms with Crippen molar-refractivity contribution < 1.29 is 0 Å². The smallest absolute Gasteiger partial charge is 0.0294 e. The SMILES string of the molecule is C=C(Br)CN1CCCC(CNC)C1. The molecule has 0 amide bonds. The van der Waals surface area contributed by atoms with E-state index in [-0.39, 0.29) is 0 Å².